The molecule has 1 aromatic carbocycles. The van der Waals surface area contributed by atoms with Crippen molar-refractivity contribution in [2.24, 2.45) is 0 Å². The fraction of sp³-hybridized carbons (Fsp3) is 0.118. The van der Waals surface area contributed by atoms with Gasteiger partial charge in [-0.25, -0.2) is 9.97 Å². The summed E-state index contributed by atoms with van der Waals surface area (Å²) < 4.78 is 0. The Morgan fingerprint density at radius 3 is 2.70 bits per heavy atom. The largest absolute Gasteiger partial charge is 0.256 e. The zero-order valence-corrected chi connectivity index (χ0v) is 11.5. The zero-order chi connectivity index (χ0) is 13.9. The lowest BCUT2D eigenvalue weighted by molar-refractivity contribution is 1.19. The van der Waals surface area contributed by atoms with Crippen molar-refractivity contribution in [3.8, 4) is 11.3 Å². The van der Waals surface area contributed by atoms with E-state index in [2.05, 4.69) is 46.2 Å². The predicted molar refractivity (Wildman–Crippen MR) is 82.1 cm³/mol. The molecular formula is C17H15N3. The minimum atomic E-state index is 0.944. The molecule has 0 saturated carbocycles. The molecule has 0 aliphatic rings. The maximum absolute atomic E-state index is 4.39. The fourth-order valence-electron chi connectivity index (χ4n) is 2.20. The van der Waals surface area contributed by atoms with Crippen LogP contribution in [0.5, 0.6) is 0 Å². The monoisotopic (exact) mass is 261 g/mol. The van der Waals surface area contributed by atoms with Crippen molar-refractivity contribution in [2.45, 2.75) is 13.8 Å². The van der Waals surface area contributed by atoms with Gasteiger partial charge in [0.15, 0.2) is 0 Å². The SMILES string of the molecule is C/C=C(\C)c1ncnc2cc(-c3ccccn3)ccc12. The van der Waals surface area contributed by atoms with Crippen LogP contribution in [0.15, 0.2) is 55.0 Å². The second kappa shape index (κ2) is 5.21. The molecular weight excluding hydrogens is 246 g/mol. The lowest BCUT2D eigenvalue weighted by Crippen LogP contribution is -1.92. The van der Waals surface area contributed by atoms with Crippen LogP contribution in [0.1, 0.15) is 19.5 Å². The summed E-state index contributed by atoms with van der Waals surface area (Å²) in [6.07, 6.45) is 5.48. The molecule has 0 spiro atoms. The molecule has 98 valence electrons. The van der Waals surface area contributed by atoms with E-state index in [0.29, 0.717) is 0 Å². The van der Waals surface area contributed by atoms with E-state index in [1.165, 1.54) is 0 Å². The zero-order valence-electron chi connectivity index (χ0n) is 11.5. The molecule has 0 N–H and O–H groups in total. The first-order chi connectivity index (χ1) is 9.79. The highest BCUT2D eigenvalue weighted by Gasteiger charge is 2.07. The molecule has 0 amide bonds. The first kappa shape index (κ1) is 12.5. The maximum atomic E-state index is 4.39. The highest BCUT2D eigenvalue weighted by Crippen LogP contribution is 2.25. The van der Waals surface area contributed by atoms with E-state index in [1.54, 1.807) is 12.5 Å². The van der Waals surface area contributed by atoms with Gasteiger partial charge in [-0.3, -0.25) is 4.98 Å². The van der Waals surface area contributed by atoms with E-state index in [1.807, 2.05) is 25.1 Å². The molecule has 2 aromatic heterocycles. The van der Waals surface area contributed by atoms with Crippen molar-refractivity contribution < 1.29 is 0 Å². The molecule has 0 saturated heterocycles. The van der Waals surface area contributed by atoms with Gasteiger partial charge in [0, 0.05) is 17.1 Å². The Kier molecular flexibility index (Phi) is 3.25. The summed E-state index contributed by atoms with van der Waals surface area (Å²) in [4.78, 5) is 13.1. The lowest BCUT2D eigenvalue weighted by atomic mass is 10.0. The van der Waals surface area contributed by atoms with Gasteiger partial charge in [0.25, 0.3) is 0 Å². The van der Waals surface area contributed by atoms with Crippen molar-refractivity contribution in [3.63, 3.8) is 0 Å². The van der Waals surface area contributed by atoms with Crippen LogP contribution < -0.4 is 0 Å². The van der Waals surface area contributed by atoms with Gasteiger partial charge in [-0.15, -0.1) is 0 Å². The minimum absolute atomic E-state index is 0.944. The van der Waals surface area contributed by atoms with Gasteiger partial charge in [-0.2, -0.15) is 0 Å². The molecule has 0 bridgehead atoms. The second-order valence-electron chi connectivity index (χ2n) is 4.64. The molecule has 0 atom stereocenters. The molecule has 2 heterocycles. The van der Waals surface area contributed by atoms with E-state index < -0.39 is 0 Å². The lowest BCUT2D eigenvalue weighted by Gasteiger charge is -2.07. The summed E-state index contributed by atoms with van der Waals surface area (Å²) in [5.41, 5.74) is 5.12. The minimum Gasteiger partial charge on any atom is -0.256 e. The van der Waals surface area contributed by atoms with Crippen LogP contribution >= 0.6 is 0 Å². The normalized spacial score (nSPS) is 11.8. The smallest absolute Gasteiger partial charge is 0.116 e. The Bertz CT molecular complexity index is 777. The summed E-state index contributed by atoms with van der Waals surface area (Å²) in [5.74, 6) is 0. The van der Waals surface area contributed by atoms with Gasteiger partial charge < -0.3 is 0 Å². The standard InChI is InChI=1S/C17H15N3/c1-3-12(2)17-14-8-7-13(10-16(14)19-11-20-17)15-6-4-5-9-18-15/h3-11H,1-2H3/b12-3+. The van der Waals surface area contributed by atoms with E-state index in [9.17, 15) is 0 Å². The molecule has 3 rings (SSSR count). The summed E-state index contributed by atoms with van der Waals surface area (Å²) in [5, 5.41) is 1.07. The molecule has 3 aromatic rings. The van der Waals surface area contributed by atoms with Crippen LogP contribution in [0, 0.1) is 0 Å². The predicted octanol–water partition coefficient (Wildman–Crippen LogP) is 4.12. The van der Waals surface area contributed by atoms with Gasteiger partial charge in [-0.05, 0) is 43.7 Å². The Morgan fingerprint density at radius 1 is 1.05 bits per heavy atom. The number of benzene rings is 1. The fourth-order valence-corrected chi connectivity index (χ4v) is 2.20. The van der Waals surface area contributed by atoms with Crippen LogP contribution in [-0.4, -0.2) is 15.0 Å². The van der Waals surface area contributed by atoms with E-state index in [0.717, 1.165) is 33.4 Å². The Labute approximate surface area is 118 Å². The maximum Gasteiger partial charge on any atom is 0.116 e. The third kappa shape index (κ3) is 2.18. The molecule has 0 fully saturated rings. The number of hydrogen-bond donors (Lipinski definition) is 0. The van der Waals surface area contributed by atoms with Crippen molar-refractivity contribution in [1.29, 1.82) is 0 Å². The number of rotatable bonds is 2. The number of hydrogen-bond acceptors (Lipinski definition) is 3. The molecule has 0 aliphatic carbocycles. The molecule has 3 nitrogen and oxygen atoms in total. The van der Waals surface area contributed by atoms with Gasteiger partial charge in [0.2, 0.25) is 0 Å². The average molecular weight is 261 g/mol. The molecule has 3 heteroatoms. The van der Waals surface area contributed by atoms with Gasteiger partial charge in [0.05, 0.1) is 16.9 Å². The molecule has 0 unspecified atom stereocenters. The molecule has 0 aliphatic heterocycles. The summed E-state index contributed by atoms with van der Waals surface area (Å²) >= 11 is 0. The van der Waals surface area contributed by atoms with E-state index in [4.69, 9.17) is 0 Å². The summed E-state index contributed by atoms with van der Waals surface area (Å²) in [6, 6.07) is 12.1. The number of fused-ring (bicyclic) bond motifs is 1. The number of nitrogens with zero attached hydrogens (tertiary/aromatic N) is 3. The van der Waals surface area contributed by atoms with Crippen LogP contribution in [0.25, 0.3) is 27.7 Å². The van der Waals surface area contributed by atoms with Gasteiger partial charge in [0.1, 0.15) is 6.33 Å². The van der Waals surface area contributed by atoms with Crippen molar-refractivity contribution >= 4 is 16.5 Å². The third-order valence-corrected chi connectivity index (χ3v) is 3.40. The third-order valence-electron chi connectivity index (χ3n) is 3.40. The number of pyridine rings is 1. The van der Waals surface area contributed by atoms with Crippen LogP contribution in [0.3, 0.4) is 0 Å². The summed E-state index contributed by atoms with van der Waals surface area (Å²) in [6.45, 7) is 4.08. The highest BCUT2D eigenvalue weighted by molar-refractivity contribution is 5.91. The molecule has 0 radical (unpaired) electrons. The van der Waals surface area contributed by atoms with Crippen molar-refractivity contribution in [3.05, 3.63) is 60.7 Å². The Hall–Kier alpha value is -2.55. The first-order valence-corrected chi connectivity index (χ1v) is 6.59. The summed E-state index contributed by atoms with van der Waals surface area (Å²) in [7, 11) is 0. The Morgan fingerprint density at radius 2 is 1.95 bits per heavy atom. The quantitative estimate of drug-likeness (QED) is 0.696. The second-order valence-corrected chi connectivity index (χ2v) is 4.64. The van der Waals surface area contributed by atoms with Crippen molar-refractivity contribution in [1.82, 2.24) is 15.0 Å². The first-order valence-electron chi connectivity index (χ1n) is 6.59. The number of allylic oxidation sites excluding steroid dienone is 2. The van der Waals surface area contributed by atoms with E-state index >= 15 is 0 Å². The van der Waals surface area contributed by atoms with Crippen LogP contribution in [-0.2, 0) is 0 Å². The Balaban J connectivity index is 2.19. The molecule has 20 heavy (non-hydrogen) atoms. The van der Waals surface area contributed by atoms with Crippen LogP contribution in [0.2, 0.25) is 0 Å². The van der Waals surface area contributed by atoms with Gasteiger partial charge >= 0.3 is 0 Å². The topological polar surface area (TPSA) is 38.7 Å². The number of aromatic nitrogens is 3. The van der Waals surface area contributed by atoms with Crippen molar-refractivity contribution in [2.75, 3.05) is 0 Å². The average Bonchev–Trinajstić information content (AvgIpc) is 2.54. The van der Waals surface area contributed by atoms with Crippen LogP contribution in [0.4, 0.5) is 0 Å². The van der Waals surface area contributed by atoms with Gasteiger partial charge in [-0.1, -0.05) is 18.2 Å². The van der Waals surface area contributed by atoms with E-state index in [-0.39, 0.29) is 0 Å². The highest BCUT2D eigenvalue weighted by atomic mass is 14.8.